The maximum Gasteiger partial charge on any atom is 0.192 e. The first kappa shape index (κ1) is 7.19. The number of nitrogens with one attached hydrogen (secondary N) is 1. The van der Waals surface area contributed by atoms with E-state index in [2.05, 4.69) is 12.2 Å². The first-order valence-electron chi connectivity index (χ1n) is 3.71. The van der Waals surface area contributed by atoms with Gasteiger partial charge in [-0.1, -0.05) is 13.3 Å². The molecule has 56 valence electrons. The highest BCUT2D eigenvalue weighted by atomic mass is 16.3. The molecule has 0 bridgehead atoms. The van der Waals surface area contributed by atoms with Crippen LogP contribution in [0.5, 0.6) is 0 Å². The number of hydrogen-bond acceptors (Lipinski definition) is 2. The minimum absolute atomic E-state index is 0.869. The fraction of sp³-hybridized carbons (Fsp3) is 0.500. The Labute approximate surface area is 61.2 Å². The summed E-state index contributed by atoms with van der Waals surface area (Å²) in [4.78, 5) is 0. The van der Waals surface area contributed by atoms with Crippen molar-refractivity contribution in [2.75, 3.05) is 11.9 Å². The van der Waals surface area contributed by atoms with Crippen molar-refractivity contribution in [2.45, 2.75) is 19.8 Å². The molecule has 0 saturated carbocycles. The average Bonchev–Trinajstić information content (AvgIpc) is 2.41. The van der Waals surface area contributed by atoms with Crippen LogP contribution in [0.1, 0.15) is 19.8 Å². The van der Waals surface area contributed by atoms with Gasteiger partial charge < -0.3 is 9.73 Å². The molecule has 1 rings (SSSR count). The normalized spacial score (nSPS) is 9.70. The summed E-state index contributed by atoms with van der Waals surface area (Å²) in [6, 6.07) is 3.81. The van der Waals surface area contributed by atoms with Crippen LogP contribution in [-0.4, -0.2) is 6.54 Å². The SMILES string of the molecule is CCCCNc1ccco1. The molecule has 0 aliphatic carbocycles. The summed E-state index contributed by atoms with van der Waals surface area (Å²) in [6.07, 6.45) is 4.09. The Hall–Kier alpha value is -0.920. The molecule has 1 aromatic rings. The van der Waals surface area contributed by atoms with Gasteiger partial charge in [-0.3, -0.25) is 0 Å². The first-order chi connectivity index (χ1) is 4.93. The number of anilines is 1. The Morgan fingerprint density at radius 2 is 2.50 bits per heavy atom. The van der Waals surface area contributed by atoms with E-state index in [4.69, 9.17) is 4.42 Å². The molecule has 2 nitrogen and oxygen atoms in total. The summed E-state index contributed by atoms with van der Waals surface area (Å²) in [5, 5.41) is 3.16. The minimum Gasteiger partial charge on any atom is -0.449 e. The third-order valence-electron chi connectivity index (χ3n) is 1.35. The van der Waals surface area contributed by atoms with Crippen LogP contribution in [0.4, 0.5) is 5.88 Å². The highest BCUT2D eigenvalue weighted by Gasteiger charge is 1.89. The Kier molecular flexibility index (Phi) is 2.87. The monoisotopic (exact) mass is 139 g/mol. The van der Waals surface area contributed by atoms with Gasteiger partial charge in [0.25, 0.3) is 0 Å². The Balaban J connectivity index is 2.15. The maximum atomic E-state index is 5.07. The summed E-state index contributed by atoms with van der Waals surface area (Å²) in [6.45, 7) is 3.17. The fourth-order valence-electron chi connectivity index (χ4n) is 0.768. The van der Waals surface area contributed by atoms with Crippen LogP contribution >= 0.6 is 0 Å². The van der Waals surface area contributed by atoms with Gasteiger partial charge in [-0.2, -0.15) is 0 Å². The van der Waals surface area contributed by atoms with E-state index in [0.29, 0.717) is 0 Å². The molecule has 2 heteroatoms. The van der Waals surface area contributed by atoms with Gasteiger partial charge >= 0.3 is 0 Å². The zero-order valence-electron chi connectivity index (χ0n) is 6.26. The van der Waals surface area contributed by atoms with E-state index in [0.717, 1.165) is 12.4 Å². The zero-order chi connectivity index (χ0) is 7.23. The standard InChI is InChI=1S/C8H13NO/c1-2-3-6-9-8-5-4-7-10-8/h4-5,7,9H,2-3,6H2,1H3. The molecule has 0 unspecified atom stereocenters. The number of rotatable bonds is 4. The first-order valence-corrected chi connectivity index (χ1v) is 3.71. The van der Waals surface area contributed by atoms with Crippen molar-refractivity contribution in [3.8, 4) is 0 Å². The quantitative estimate of drug-likeness (QED) is 0.648. The van der Waals surface area contributed by atoms with Gasteiger partial charge in [0.1, 0.15) is 0 Å². The fourth-order valence-corrected chi connectivity index (χ4v) is 0.768. The number of hydrogen-bond donors (Lipinski definition) is 1. The molecular formula is C8H13NO. The highest BCUT2D eigenvalue weighted by molar-refractivity contribution is 5.29. The maximum absolute atomic E-state index is 5.07. The average molecular weight is 139 g/mol. The number of unbranched alkanes of at least 4 members (excludes halogenated alkanes) is 1. The molecule has 10 heavy (non-hydrogen) atoms. The van der Waals surface area contributed by atoms with E-state index in [-0.39, 0.29) is 0 Å². The van der Waals surface area contributed by atoms with Gasteiger partial charge in [0.05, 0.1) is 6.26 Å². The van der Waals surface area contributed by atoms with Gasteiger partial charge in [0.15, 0.2) is 5.88 Å². The van der Waals surface area contributed by atoms with Crippen molar-refractivity contribution >= 4 is 5.88 Å². The molecule has 0 aliphatic rings. The zero-order valence-corrected chi connectivity index (χ0v) is 6.26. The Morgan fingerprint density at radius 3 is 3.10 bits per heavy atom. The second-order valence-corrected chi connectivity index (χ2v) is 2.26. The lowest BCUT2D eigenvalue weighted by Gasteiger charge is -1.98. The number of furan rings is 1. The van der Waals surface area contributed by atoms with Crippen molar-refractivity contribution < 1.29 is 4.42 Å². The second kappa shape index (κ2) is 3.99. The summed E-state index contributed by atoms with van der Waals surface area (Å²) < 4.78 is 5.07. The summed E-state index contributed by atoms with van der Waals surface area (Å²) in [5.74, 6) is 0.869. The molecule has 0 aliphatic heterocycles. The lowest BCUT2D eigenvalue weighted by Crippen LogP contribution is -1.98. The Morgan fingerprint density at radius 1 is 1.60 bits per heavy atom. The van der Waals surface area contributed by atoms with Crippen LogP contribution in [0, 0.1) is 0 Å². The molecular weight excluding hydrogens is 126 g/mol. The van der Waals surface area contributed by atoms with Crippen molar-refractivity contribution in [1.29, 1.82) is 0 Å². The van der Waals surface area contributed by atoms with E-state index in [9.17, 15) is 0 Å². The predicted molar refractivity (Wildman–Crippen MR) is 42.1 cm³/mol. The molecule has 1 aromatic heterocycles. The van der Waals surface area contributed by atoms with Gasteiger partial charge in [-0.05, 0) is 12.5 Å². The van der Waals surface area contributed by atoms with Crippen molar-refractivity contribution in [3.05, 3.63) is 18.4 Å². The highest BCUT2D eigenvalue weighted by Crippen LogP contribution is 2.05. The summed E-state index contributed by atoms with van der Waals surface area (Å²) >= 11 is 0. The minimum atomic E-state index is 0.869. The van der Waals surface area contributed by atoms with E-state index in [1.165, 1.54) is 12.8 Å². The molecule has 0 fully saturated rings. The molecule has 1 heterocycles. The van der Waals surface area contributed by atoms with E-state index < -0.39 is 0 Å². The molecule has 0 spiro atoms. The van der Waals surface area contributed by atoms with Gasteiger partial charge in [0.2, 0.25) is 0 Å². The molecule has 0 atom stereocenters. The summed E-state index contributed by atoms with van der Waals surface area (Å²) in [5.41, 5.74) is 0. The van der Waals surface area contributed by atoms with Crippen LogP contribution in [0.25, 0.3) is 0 Å². The van der Waals surface area contributed by atoms with Gasteiger partial charge in [-0.25, -0.2) is 0 Å². The van der Waals surface area contributed by atoms with Crippen LogP contribution < -0.4 is 5.32 Å². The third-order valence-corrected chi connectivity index (χ3v) is 1.35. The van der Waals surface area contributed by atoms with Crippen molar-refractivity contribution in [3.63, 3.8) is 0 Å². The lowest BCUT2D eigenvalue weighted by atomic mass is 10.3. The van der Waals surface area contributed by atoms with Crippen molar-refractivity contribution in [1.82, 2.24) is 0 Å². The van der Waals surface area contributed by atoms with Crippen LogP contribution in [0.3, 0.4) is 0 Å². The topological polar surface area (TPSA) is 25.2 Å². The van der Waals surface area contributed by atoms with E-state index in [1.807, 2.05) is 12.1 Å². The van der Waals surface area contributed by atoms with Crippen molar-refractivity contribution in [2.24, 2.45) is 0 Å². The second-order valence-electron chi connectivity index (χ2n) is 2.26. The summed E-state index contributed by atoms with van der Waals surface area (Å²) in [7, 11) is 0. The predicted octanol–water partition coefficient (Wildman–Crippen LogP) is 2.49. The lowest BCUT2D eigenvalue weighted by molar-refractivity contribution is 0.577. The molecule has 0 saturated heterocycles. The molecule has 0 aromatic carbocycles. The third kappa shape index (κ3) is 2.13. The van der Waals surface area contributed by atoms with Gasteiger partial charge in [0, 0.05) is 12.6 Å². The molecule has 1 N–H and O–H groups in total. The molecule has 0 radical (unpaired) electrons. The van der Waals surface area contributed by atoms with Crippen LogP contribution in [-0.2, 0) is 0 Å². The van der Waals surface area contributed by atoms with E-state index in [1.54, 1.807) is 6.26 Å². The van der Waals surface area contributed by atoms with E-state index >= 15 is 0 Å². The smallest absolute Gasteiger partial charge is 0.192 e. The largest absolute Gasteiger partial charge is 0.449 e. The van der Waals surface area contributed by atoms with Crippen LogP contribution in [0.15, 0.2) is 22.8 Å². The molecule has 0 amide bonds. The van der Waals surface area contributed by atoms with Gasteiger partial charge in [-0.15, -0.1) is 0 Å². The Bertz CT molecular complexity index is 158. The van der Waals surface area contributed by atoms with Crippen LogP contribution in [0.2, 0.25) is 0 Å².